The highest BCUT2D eigenvalue weighted by molar-refractivity contribution is 5.96. The summed E-state index contributed by atoms with van der Waals surface area (Å²) < 4.78 is 0. The van der Waals surface area contributed by atoms with Gasteiger partial charge in [-0.1, -0.05) is 35.9 Å². The third-order valence-electron chi connectivity index (χ3n) is 2.97. The Balaban J connectivity index is 0.00000242. The molecule has 0 aliphatic carbocycles. The van der Waals surface area contributed by atoms with E-state index in [1.54, 1.807) is 0 Å². The van der Waals surface area contributed by atoms with E-state index >= 15 is 0 Å². The number of carbonyl (C=O) groups excluding carboxylic acids is 2. The summed E-state index contributed by atoms with van der Waals surface area (Å²) >= 11 is 0. The van der Waals surface area contributed by atoms with Gasteiger partial charge in [0.2, 0.25) is 11.8 Å². The zero-order valence-corrected chi connectivity index (χ0v) is 12.4. The second-order valence-electron chi connectivity index (χ2n) is 4.83. The van der Waals surface area contributed by atoms with Crippen LogP contribution >= 0.6 is 0 Å². The largest absolute Gasteiger partial charge is 0.412 e. The SMILES string of the molecule is Cc1ccc(NC(=O)CCC(=O)Nc2ccccc2)cc1.O. The molecule has 0 aromatic heterocycles. The molecular weight excluding hydrogens is 280 g/mol. The zero-order valence-electron chi connectivity index (χ0n) is 12.4. The fourth-order valence-electron chi connectivity index (χ4n) is 1.83. The molecule has 116 valence electrons. The van der Waals surface area contributed by atoms with Gasteiger partial charge in [-0.15, -0.1) is 0 Å². The predicted octanol–water partition coefficient (Wildman–Crippen LogP) is 2.53. The third kappa shape index (κ3) is 5.76. The maximum atomic E-state index is 11.8. The van der Waals surface area contributed by atoms with Crippen molar-refractivity contribution in [3.8, 4) is 0 Å². The monoisotopic (exact) mass is 300 g/mol. The summed E-state index contributed by atoms with van der Waals surface area (Å²) in [6, 6.07) is 16.7. The second kappa shape index (κ2) is 8.59. The van der Waals surface area contributed by atoms with Crippen LogP contribution in [0.5, 0.6) is 0 Å². The molecule has 0 saturated carbocycles. The van der Waals surface area contributed by atoms with Gasteiger partial charge >= 0.3 is 0 Å². The van der Waals surface area contributed by atoms with Gasteiger partial charge in [-0.05, 0) is 31.2 Å². The Kier molecular flexibility index (Phi) is 6.79. The Labute approximate surface area is 129 Å². The lowest BCUT2D eigenvalue weighted by molar-refractivity contribution is -0.121. The van der Waals surface area contributed by atoms with E-state index in [2.05, 4.69) is 10.6 Å². The van der Waals surface area contributed by atoms with E-state index in [1.165, 1.54) is 0 Å². The molecule has 5 nitrogen and oxygen atoms in total. The molecule has 2 rings (SSSR count). The number of hydrogen-bond donors (Lipinski definition) is 2. The maximum absolute atomic E-state index is 11.8. The first-order chi connectivity index (χ1) is 10.1. The van der Waals surface area contributed by atoms with Crippen LogP contribution in [0.1, 0.15) is 18.4 Å². The summed E-state index contributed by atoms with van der Waals surface area (Å²) in [5, 5.41) is 5.52. The van der Waals surface area contributed by atoms with E-state index < -0.39 is 0 Å². The van der Waals surface area contributed by atoms with E-state index in [1.807, 2.05) is 61.5 Å². The summed E-state index contributed by atoms with van der Waals surface area (Å²) in [7, 11) is 0. The van der Waals surface area contributed by atoms with Crippen LogP contribution < -0.4 is 10.6 Å². The van der Waals surface area contributed by atoms with E-state index in [0.717, 1.165) is 16.9 Å². The fraction of sp³-hybridized carbons (Fsp3) is 0.176. The molecule has 0 heterocycles. The molecule has 4 N–H and O–H groups in total. The first kappa shape index (κ1) is 17.4. The molecule has 0 fully saturated rings. The fourth-order valence-corrected chi connectivity index (χ4v) is 1.83. The standard InChI is InChI=1S/C17H18N2O2.H2O/c1-13-7-9-15(10-8-13)19-17(21)12-11-16(20)18-14-5-3-2-4-6-14;/h2-10H,11-12H2,1H3,(H,18,20)(H,19,21);1H2. The second-order valence-corrected chi connectivity index (χ2v) is 4.83. The van der Waals surface area contributed by atoms with Crippen LogP contribution in [-0.4, -0.2) is 17.3 Å². The van der Waals surface area contributed by atoms with Crippen LogP contribution in [0.2, 0.25) is 0 Å². The van der Waals surface area contributed by atoms with Crippen LogP contribution in [0.3, 0.4) is 0 Å². The van der Waals surface area contributed by atoms with Crippen LogP contribution in [-0.2, 0) is 9.59 Å². The molecule has 0 aliphatic heterocycles. The Hall–Kier alpha value is -2.66. The zero-order chi connectivity index (χ0) is 15.1. The highest BCUT2D eigenvalue weighted by atomic mass is 16.2. The number of anilines is 2. The van der Waals surface area contributed by atoms with Crippen molar-refractivity contribution in [2.45, 2.75) is 19.8 Å². The summed E-state index contributed by atoms with van der Waals surface area (Å²) in [5.41, 5.74) is 2.62. The Morgan fingerprint density at radius 3 is 1.73 bits per heavy atom. The predicted molar refractivity (Wildman–Crippen MR) is 87.7 cm³/mol. The topological polar surface area (TPSA) is 89.7 Å². The lowest BCUT2D eigenvalue weighted by Crippen LogP contribution is -2.17. The number of benzene rings is 2. The number of hydrogen-bond acceptors (Lipinski definition) is 2. The molecule has 0 saturated heterocycles. The van der Waals surface area contributed by atoms with Crippen molar-refractivity contribution in [2.24, 2.45) is 0 Å². The quantitative estimate of drug-likeness (QED) is 0.888. The van der Waals surface area contributed by atoms with Gasteiger partial charge in [0.05, 0.1) is 0 Å². The summed E-state index contributed by atoms with van der Waals surface area (Å²) in [4.78, 5) is 23.5. The molecule has 0 radical (unpaired) electrons. The minimum absolute atomic E-state index is 0. The number of rotatable bonds is 5. The van der Waals surface area contributed by atoms with Gasteiger partial charge in [0.25, 0.3) is 0 Å². The lowest BCUT2D eigenvalue weighted by Gasteiger charge is -2.06. The van der Waals surface area contributed by atoms with E-state index in [4.69, 9.17) is 0 Å². The Morgan fingerprint density at radius 2 is 1.23 bits per heavy atom. The minimum atomic E-state index is -0.166. The van der Waals surface area contributed by atoms with Crippen molar-refractivity contribution in [3.05, 3.63) is 60.2 Å². The average Bonchev–Trinajstić information content (AvgIpc) is 2.49. The molecule has 2 amide bonds. The highest BCUT2D eigenvalue weighted by Crippen LogP contribution is 2.10. The van der Waals surface area contributed by atoms with Gasteiger partial charge in [-0.2, -0.15) is 0 Å². The highest BCUT2D eigenvalue weighted by Gasteiger charge is 2.07. The molecule has 5 heteroatoms. The minimum Gasteiger partial charge on any atom is -0.412 e. The van der Waals surface area contributed by atoms with E-state index in [-0.39, 0.29) is 30.1 Å². The molecule has 0 spiro atoms. The summed E-state index contributed by atoms with van der Waals surface area (Å²) in [5.74, 6) is -0.331. The summed E-state index contributed by atoms with van der Waals surface area (Å²) in [6.07, 6.45) is 0.319. The van der Waals surface area contributed by atoms with E-state index in [9.17, 15) is 9.59 Å². The number of para-hydroxylation sites is 1. The van der Waals surface area contributed by atoms with Gasteiger partial charge in [0.15, 0.2) is 0 Å². The number of carbonyl (C=O) groups is 2. The Bertz CT molecular complexity index is 610. The van der Waals surface area contributed by atoms with Gasteiger partial charge in [-0.3, -0.25) is 9.59 Å². The van der Waals surface area contributed by atoms with Crippen molar-refractivity contribution in [2.75, 3.05) is 10.6 Å². The normalized spacial score (nSPS) is 9.50. The third-order valence-corrected chi connectivity index (χ3v) is 2.97. The van der Waals surface area contributed by atoms with Crippen molar-refractivity contribution in [1.29, 1.82) is 0 Å². The van der Waals surface area contributed by atoms with Crippen molar-refractivity contribution in [1.82, 2.24) is 0 Å². The van der Waals surface area contributed by atoms with Crippen LogP contribution in [0.25, 0.3) is 0 Å². The van der Waals surface area contributed by atoms with Crippen molar-refractivity contribution in [3.63, 3.8) is 0 Å². The molecule has 2 aromatic rings. The van der Waals surface area contributed by atoms with Gasteiger partial charge < -0.3 is 16.1 Å². The molecule has 2 aromatic carbocycles. The van der Waals surface area contributed by atoms with Gasteiger partial charge in [0.1, 0.15) is 0 Å². The first-order valence-corrected chi connectivity index (χ1v) is 6.85. The smallest absolute Gasteiger partial charge is 0.224 e. The molecule has 0 unspecified atom stereocenters. The summed E-state index contributed by atoms with van der Waals surface area (Å²) in [6.45, 7) is 1.99. The molecule has 0 bridgehead atoms. The molecule has 0 aliphatic rings. The molecule has 22 heavy (non-hydrogen) atoms. The van der Waals surface area contributed by atoms with Gasteiger partial charge in [0, 0.05) is 24.2 Å². The molecular formula is C17H20N2O3. The van der Waals surface area contributed by atoms with Crippen LogP contribution in [0.4, 0.5) is 11.4 Å². The number of nitrogens with one attached hydrogen (secondary N) is 2. The maximum Gasteiger partial charge on any atom is 0.224 e. The average molecular weight is 300 g/mol. The van der Waals surface area contributed by atoms with Crippen LogP contribution in [0, 0.1) is 6.92 Å². The number of aryl methyl sites for hydroxylation is 1. The van der Waals surface area contributed by atoms with Gasteiger partial charge in [-0.25, -0.2) is 0 Å². The van der Waals surface area contributed by atoms with Crippen molar-refractivity contribution >= 4 is 23.2 Å². The van der Waals surface area contributed by atoms with Crippen molar-refractivity contribution < 1.29 is 15.1 Å². The molecule has 0 atom stereocenters. The Morgan fingerprint density at radius 1 is 0.773 bits per heavy atom. The van der Waals surface area contributed by atoms with E-state index in [0.29, 0.717) is 0 Å². The lowest BCUT2D eigenvalue weighted by atomic mass is 10.2. The first-order valence-electron chi connectivity index (χ1n) is 6.85. The number of amides is 2. The van der Waals surface area contributed by atoms with Crippen LogP contribution in [0.15, 0.2) is 54.6 Å².